The monoisotopic (exact) mass is 310 g/mol. The van der Waals surface area contributed by atoms with E-state index in [9.17, 15) is 4.79 Å². The molecule has 0 aliphatic heterocycles. The molecule has 1 aliphatic rings. The Morgan fingerprint density at radius 2 is 1.96 bits per heavy atom. The lowest BCUT2D eigenvalue weighted by Gasteiger charge is -2.16. The molecule has 0 N–H and O–H groups in total. The number of pyridine rings is 1. The molecule has 3 rings (SSSR count). The number of hydrogen-bond acceptors (Lipinski definition) is 4. The second-order valence-corrected chi connectivity index (χ2v) is 6.51. The van der Waals surface area contributed by atoms with Crippen LogP contribution in [0, 0.1) is 5.92 Å². The first kappa shape index (κ1) is 15.6. The lowest BCUT2D eigenvalue weighted by molar-refractivity contribution is 0.0788. The van der Waals surface area contributed by atoms with Crippen molar-refractivity contribution in [3.63, 3.8) is 0 Å². The number of nitrogens with zero attached hydrogens (tertiary/aromatic N) is 4. The second-order valence-electron chi connectivity index (χ2n) is 6.51. The van der Waals surface area contributed by atoms with E-state index in [4.69, 9.17) is 0 Å². The maximum absolute atomic E-state index is 12.4. The summed E-state index contributed by atoms with van der Waals surface area (Å²) in [5.74, 6) is 0.982. The van der Waals surface area contributed by atoms with Gasteiger partial charge in [0.25, 0.3) is 5.91 Å². The standard InChI is InChI=1S/C18H22N4O/c1-12(2)16-17(20-9-8-19-16)15-7-6-14(10-21-15)18(23)22(3)11-13-4-5-13/h6-10,12-13H,4-5,11H2,1-3H3. The van der Waals surface area contributed by atoms with Gasteiger partial charge in [0.05, 0.1) is 17.0 Å². The summed E-state index contributed by atoms with van der Waals surface area (Å²) >= 11 is 0. The Kier molecular flexibility index (Phi) is 4.37. The smallest absolute Gasteiger partial charge is 0.255 e. The minimum atomic E-state index is 0.0270. The van der Waals surface area contributed by atoms with E-state index in [1.54, 1.807) is 23.5 Å². The van der Waals surface area contributed by atoms with Crippen LogP contribution in [-0.2, 0) is 0 Å². The molecule has 0 bridgehead atoms. The Balaban J connectivity index is 1.80. The van der Waals surface area contributed by atoms with Gasteiger partial charge in [0.2, 0.25) is 0 Å². The fraction of sp³-hybridized carbons (Fsp3) is 0.444. The molecule has 120 valence electrons. The van der Waals surface area contributed by atoms with E-state index in [2.05, 4.69) is 28.8 Å². The van der Waals surface area contributed by atoms with Crippen molar-refractivity contribution in [2.24, 2.45) is 5.92 Å². The van der Waals surface area contributed by atoms with Gasteiger partial charge in [-0.25, -0.2) is 0 Å². The molecule has 2 aromatic rings. The quantitative estimate of drug-likeness (QED) is 0.851. The molecule has 0 aromatic carbocycles. The van der Waals surface area contributed by atoms with Crippen molar-refractivity contribution in [3.05, 3.63) is 42.0 Å². The van der Waals surface area contributed by atoms with Crippen molar-refractivity contribution in [3.8, 4) is 11.4 Å². The third kappa shape index (κ3) is 3.55. The highest BCUT2D eigenvalue weighted by Crippen LogP contribution is 2.29. The molecule has 1 amide bonds. The summed E-state index contributed by atoms with van der Waals surface area (Å²) in [6.07, 6.45) is 7.48. The van der Waals surface area contributed by atoms with Crippen LogP contribution < -0.4 is 0 Å². The van der Waals surface area contributed by atoms with Crippen LogP contribution in [0.2, 0.25) is 0 Å². The molecule has 5 heteroatoms. The topological polar surface area (TPSA) is 59.0 Å². The summed E-state index contributed by atoms with van der Waals surface area (Å²) in [7, 11) is 1.86. The highest BCUT2D eigenvalue weighted by Gasteiger charge is 2.25. The average Bonchev–Trinajstić information content (AvgIpc) is 3.38. The van der Waals surface area contributed by atoms with E-state index in [1.165, 1.54) is 12.8 Å². The molecular weight excluding hydrogens is 288 g/mol. The molecule has 2 aromatic heterocycles. The predicted octanol–water partition coefficient (Wildman–Crippen LogP) is 3.14. The van der Waals surface area contributed by atoms with Crippen LogP contribution in [0.4, 0.5) is 0 Å². The highest BCUT2D eigenvalue weighted by atomic mass is 16.2. The van der Waals surface area contributed by atoms with Crippen LogP contribution in [0.25, 0.3) is 11.4 Å². The van der Waals surface area contributed by atoms with E-state index in [0.29, 0.717) is 11.5 Å². The molecular formula is C18H22N4O. The molecule has 0 atom stereocenters. The molecule has 2 heterocycles. The fourth-order valence-electron chi connectivity index (χ4n) is 2.62. The third-order valence-corrected chi connectivity index (χ3v) is 4.10. The van der Waals surface area contributed by atoms with Crippen molar-refractivity contribution in [2.45, 2.75) is 32.6 Å². The molecule has 1 saturated carbocycles. The highest BCUT2D eigenvalue weighted by molar-refractivity contribution is 5.94. The van der Waals surface area contributed by atoms with Crippen LogP contribution in [0.5, 0.6) is 0 Å². The van der Waals surface area contributed by atoms with Gasteiger partial charge >= 0.3 is 0 Å². The number of aromatic nitrogens is 3. The zero-order chi connectivity index (χ0) is 16.4. The number of carbonyl (C=O) groups excluding carboxylic acids is 1. The lowest BCUT2D eigenvalue weighted by Crippen LogP contribution is -2.28. The van der Waals surface area contributed by atoms with Gasteiger partial charge in [-0.15, -0.1) is 0 Å². The number of hydrogen-bond donors (Lipinski definition) is 0. The Hall–Kier alpha value is -2.30. The van der Waals surface area contributed by atoms with E-state index in [1.807, 2.05) is 19.2 Å². The van der Waals surface area contributed by atoms with Crippen LogP contribution in [0.15, 0.2) is 30.7 Å². The van der Waals surface area contributed by atoms with Gasteiger partial charge in [0.15, 0.2) is 0 Å². The Labute approximate surface area is 136 Å². The Bertz CT molecular complexity index is 692. The SMILES string of the molecule is CC(C)c1nccnc1-c1ccc(C(=O)N(C)CC2CC2)cn1. The lowest BCUT2D eigenvalue weighted by atomic mass is 10.1. The van der Waals surface area contributed by atoms with Gasteiger partial charge in [0, 0.05) is 32.2 Å². The molecule has 0 spiro atoms. The van der Waals surface area contributed by atoms with Gasteiger partial charge in [-0.05, 0) is 36.8 Å². The normalized spacial score (nSPS) is 14.1. The van der Waals surface area contributed by atoms with Crippen LogP contribution >= 0.6 is 0 Å². The van der Waals surface area contributed by atoms with Crippen LogP contribution in [0.3, 0.4) is 0 Å². The van der Waals surface area contributed by atoms with Crippen LogP contribution in [-0.4, -0.2) is 39.4 Å². The summed E-state index contributed by atoms with van der Waals surface area (Å²) in [5.41, 5.74) is 3.08. The fourth-order valence-corrected chi connectivity index (χ4v) is 2.62. The zero-order valence-electron chi connectivity index (χ0n) is 13.9. The van der Waals surface area contributed by atoms with E-state index in [-0.39, 0.29) is 11.8 Å². The molecule has 1 aliphatic carbocycles. The Morgan fingerprint density at radius 1 is 1.22 bits per heavy atom. The minimum Gasteiger partial charge on any atom is -0.341 e. The first-order valence-electron chi connectivity index (χ1n) is 8.09. The van der Waals surface area contributed by atoms with Crippen LogP contribution in [0.1, 0.15) is 48.7 Å². The van der Waals surface area contributed by atoms with Gasteiger partial charge in [-0.2, -0.15) is 0 Å². The molecule has 1 fully saturated rings. The van der Waals surface area contributed by atoms with Crippen molar-refractivity contribution >= 4 is 5.91 Å². The molecule has 0 unspecified atom stereocenters. The van der Waals surface area contributed by atoms with Gasteiger partial charge in [-0.3, -0.25) is 19.7 Å². The van der Waals surface area contributed by atoms with Crippen molar-refractivity contribution in [1.82, 2.24) is 19.9 Å². The molecule has 0 radical (unpaired) electrons. The summed E-state index contributed by atoms with van der Waals surface area (Å²) in [6, 6.07) is 3.68. The summed E-state index contributed by atoms with van der Waals surface area (Å²) in [5, 5.41) is 0. The zero-order valence-corrected chi connectivity index (χ0v) is 13.9. The van der Waals surface area contributed by atoms with E-state index in [0.717, 1.165) is 23.6 Å². The summed E-state index contributed by atoms with van der Waals surface area (Å²) in [6.45, 7) is 5.00. The third-order valence-electron chi connectivity index (χ3n) is 4.10. The number of rotatable bonds is 5. The van der Waals surface area contributed by atoms with Gasteiger partial charge in [0.1, 0.15) is 5.69 Å². The summed E-state index contributed by atoms with van der Waals surface area (Å²) < 4.78 is 0. The molecule has 23 heavy (non-hydrogen) atoms. The predicted molar refractivity (Wildman–Crippen MR) is 89.0 cm³/mol. The average molecular weight is 310 g/mol. The maximum Gasteiger partial charge on any atom is 0.255 e. The summed E-state index contributed by atoms with van der Waals surface area (Å²) in [4.78, 5) is 27.4. The van der Waals surface area contributed by atoms with Crippen molar-refractivity contribution in [1.29, 1.82) is 0 Å². The largest absolute Gasteiger partial charge is 0.341 e. The molecule has 0 saturated heterocycles. The second kappa shape index (κ2) is 6.44. The minimum absolute atomic E-state index is 0.0270. The maximum atomic E-state index is 12.4. The van der Waals surface area contributed by atoms with E-state index >= 15 is 0 Å². The first-order valence-corrected chi connectivity index (χ1v) is 8.09. The first-order chi connectivity index (χ1) is 11.1. The number of carbonyl (C=O) groups is 1. The van der Waals surface area contributed by atoms with E-state index < -0.39 is 0 Å². The van der Waals surface area contributed by atoms with Gasteiger partial charge in [-0.1, -0.05) is 13.8 Å². The molecule has 5 nitrogen and oxygen atoms in total. The van der Waals surface area contributed by atoms with Crippen molar-refractivity contribution < 1.29 is 4.79 Å². The Morgan fingerprint density at radius 3 is 2.57 bits per heavy atom. The van der Waals surface area contributed by atoms with Gasteiger partial charge < -0.3 is 4.90 Å². The van der Waals surface area contributed by atoms with Crippen molar-refractivity contribution in [2.75, 3.05) is 13.6 Å². The number of amides is 1.